The third kappa shape index (κ3) is 8.15. The standard InChI is InChI=1S/C18H28O2S/c1-3-4-5-6-7-8-9-10-15-20-18(19)16-11-13-17(21-2)14-12-16/h11-14H,3-10,15H2,1-2H3. The summed E-state index contributed by atoms with van der Waals surface area (Å²) in [5.74, 6) is -0.203. The van der Waals surface area contributed by atoms with E-state index < -0.39 is 0 Å². The van der Waals surface area contributed by atoms with Crippen LogP contribution in [0.25, 0.3) is 0 Å². The largest absolute Gasteiger partial charge is 0.462 e. The summed E-state index contributed by atoms with van der Waals surface area (Å²) in [5, 5.41) is 0. The molecule has 0 aromatic heterocycles. The Balaban J connectivity index is 2.05. The van der Waals surface area contributed by atoms with Crippen LogP contribution < -0.4 is 0 Å². The zero-order chi connectivity index (χ0) is 15.3. The smallest absolute Gasteiger partial charge is 0.338 e. The van der Waals surface area contributed by atoms with E-state index >= 15 is 0 Å². The summed E-state index contributed by atoms with van der Waals surface area (Å²) in [6.45, 7) is 2.78. The average molecular weight is 308 g/mol. The Labute approximate surface area is 133 Å². The van der Waals surface area contributed by atoms with Gasteiger partial charge in [0.2, 0.25) is 0 Å². The van der Waals surface area contributed by atoms with Crippen LogP contribution in [0.4, 0.5) is 0 Å². The number of hydrogen-bond acceptors (Lipinski definition) is 3. The average Bonchev–Trinajstić information content (AvgIpc) is 2.53. The Morgan fingerprint density at radius 1 is 0.952 bits per heavy atom. The van der Waals surface area contributed by atoms with Crippen LogP contribution in [0, 0.1) is 0 Å². The lowest BCUT2D eigenvalue weighted by Gasteiger charge is -2.05. The topological polar surface area (TPSA) is 26.3 Å². The number of carbonyl (C=O) groups excluding carboxylic acids is 1. The van der Waals surface area contributed by atoms with Crippen LogP contribution in [-0.4, -0.2) is 18.8 Å². The van der Waals surface area contributed by atoms with Gasteiger partial charge in [-0.05, 0) is 36.9 Å². The van der Waals surface area contributed by atoms with Crippen LogP contribution in [-0.2, 0) is 4.74 Å². The second-order valence-electron chi connectivity index (χ2n) is 5.34. The monoisotopic (exact) mass is 308 g/mol. The highest BCUT2D eigenvalue weighted by molar-refractivity contribution is 7.98. The van der Waals surface area contributed by atoms with Crippen LogP contribution in [0.15, 0.2) is 29.2 Å². The molecule has 0 N–H and O–H groups in total. The predicted octanol–water partition coefficient (Wildman–Crippen LogP) is 5.71. The van der Waals surface area contributed by atoms with E-state index in [2.05, 4.69) is 6.92 Å². The fraction of sp³-hybridized carbons (Fsp3) is 0.611. The van der Waals surface area contributed by atoms with Gasteiger partial charge in [-0.25, -0.2) is 4.79 Å². The highest BCUT2D eigenvalue weighted by Gasteiger charge is 2.06. The number of ether oxygens (including phenoxy) is 1. The molecule has 2 nitrogen and oxygen atoms in total. The van der Waals surface area contributed by atoms with Crippen molar-refractivity contribution in [2.45, 2.75) is 63.2 Å². The van der Waals surface area contributed by atoms with E-state index in [0.717, 1.165) is 17.7 Å². The van der Waals surface area contributed by atoms with Crippen molar-refractivity contribution in [2.24, 2.45) is 0 Å². The van der Waals surface area contributed by atoms with Crippen molar-refractivity contribution < 1.29 is 9.53 Å². The highest BCUT2D eigenvalue weighted by Crippen LogP contribution is 2.15. The Morgan fingerprint density at radius 3 is 2.10 bits per heavy atom. The van der Waals surface area contributed by atoms with Crippen molar-refractivity contribution in [3.63, 3.8) is 0 Å². The molecule has 0 fully saturated rings. The van der Waals surface area contributed by atoms with Crippen LogP contribution in [0.5, 0.6) is 0 Å². The maximum absolute atomic E-state index is 11.8. The normalized spacial score (nSPS) is 10.6. The third-order valence-corrected chi connectivity index (χ3v) is 4.30. The van der Waals surface area contributed by atoms with Crippen molar-refractivity contribution >= 4 is 17.7 Å². The number of hydrogen-bond donors (Lipinski definition) is 0. The zero-order valence-corrected chi connectivity index (χ0v) is 14.2. The van der Waals surface area contributed by atoms with Gasteiger partial charge >= 0.3 is 5.97 Å². The van der Waals surface area contributed by atoms with Crippen LogP contribution in [0.2, 0.25) is 0 Å². The van der Waals surface area contributed by atoms with Crippen molar-refractivity contribution in [1.29, 1.82) is 0 Å². The van der Waals surface area contributed by atoms with Gasteiger partial charge in [0.05, 0.1) is 12.2 Å². The van der Waals surface area contributed by atoms with E-state index in [4.69, 9.17) is 4.74 Å². The summed E-state index contributed by atoms with van der Waals surface area (Å²) >= 11 is 1.67. The summed E-state index contributed by atoms with van der Waals surface area (Å²) in [7, 11) is 0. The number of benzene rings is 1. The lowest BCUT2D eigenvalue weighted by Crippen LogP contribution is -2.06. The van der Waals surface area contributed by atoms with Gasteiger partial charge in [0, 0.05) is 4.90 Å². The van der Waals surface area contributed by atoms with Crippen molar-refractivity contribution in [3.8, 4) is 0 Å². The lowest BCUT2D eigenvalue weighted by atomic mass is 10.1. The first-order chi connectivity index (χ1) is 10.3. The minimum absolute atomic E-state index is 0.203. The summed E-state index contributed by atoms with van der Waals surface area (Å²) in [5.41, 5.74) is 0.646. The molecule has 0 aliphatic heterocycles. The van der Waals surface area contributed by atoms with E-state index in [1.807, 2.05) is 30.5 Å². The Bertz CT molecular complexity index is 387. The molecular formula is C18H28O2S. The maximum Gasteiger partial charge on any atom is 0.338 e. The van der Waals surface area contributed by atoms with Gasteiger partial charge < -0.3 is 4.74 Å². The quantitative estimate of drug-likeness (QED) is 0.298. The fourth-order valence-electron chi connectivity index (χ4n) is 2.21. The second kappa shape index (κ2) is 11.7. The number of unbranched alkanes of at least 4 members (excludes halogenated alkanes) is 7. The SMILES string of the molecule is CCCCCCCCCCOC(=O)c1ccc(SC)cc1. The minimum atomic E-state index is -0.203. The molecule has 0 bridgehead atoms. The summed E-state index contributed by atoms with van der Waals surface area (Å²) in [6.07, 6.45) is 12.1. The number of esters is 1. The predicted molar refractivity (Wildman–Crippen MR) is 91.1 cm³/mol. The van der Waals surface area contributed by atoms with E-state index in [1.165, 1.54) is 38.5 Å². The molecule has 0 saturated carbocycles. The highest BCUT2D eigenvalue weighted by atomic mass is 32.2. The van der Waals surface area contributed by atoms with E-state index in [-0.39, 0.29) is 5.97 Å². The van der Waals surface area contributed by atoms with Gasteiger partial charge in [-0.15, -0.1) is 11.8 Å². The van der Waals surface area contributed by atoms with Gasteiger partial charge in [0.15, 0.2) is 0 Å². The first kappa shape index (κ1) is 18.1. The molecule has 0 spiro atoms. The summed E-state index contributed by atoms with van der Waals surface area (Å²) < 4.78 is 5.30. The molecular weight excluding hydrogens is 280 g/mol. The minimum Gasteiger partial charge on any atom is -0.462 e. The van der Waals surface area contributed by atoms with Crippen molar-refractivity contribution in [1.82, 2.24) is 0 Å². The van der Waals surface area contributed by atoms with E-state index in [0.29, 0.717) is 12.2 Å². The van der Waals surface area contributed by atoms with Gasteiger partial charge in [0.25, 0.3) is 0 Å². The number of carbonyl (C=O) groups is 1. The second-order valence-corrected chi connectivity index (χ2v) is 6.22. The summed E-state index contributed by atoms with van der Waals surface area (Å²) in [6, 6.07) is 7.58. The number of thioether (sulfide) groups is 1. The molecule has 1 rings (SSSR count). The molecule has 0 amide bonds. The van der Waals surface area contributed by atoms with Gasteiger partial charge in [-0.1, -0.05) is 51.9 Å². The zero-order valence-electron chi connectivity index (χ0n) is 13.4. The molecule has 0 aliphatic rings. The first-order valence-electron chi connectivity index (χ1n) is 8.09. The van der Waals surface area contributed by atoms with Gasteiger partial charge in [-0.2, -0.15) is 0 Å². The fourth-order valence-corrected chi connectivity index (χ4v) is 2.62. The first-order valence-corrected chi connectivity index (χ1v) is 9.31. The molecule has 21 heavy (non-hydrogen) atoms. The Morgan fingerprint density at radius 2 is 1.52 bits per heavy atom. The van der Waals surface area contributed by atoms with E-state index in [1.54, 1.807) is 11.8 Å². The lowest BCUT2D eigenvalue weighted by molar-refractivity contribution is 0.0497. The molecule has 1 aromatic carbocycles. The Kier molecular flexibility index (Phi) is 10.1. The summed E-state index contributed by atoms with van der Waals surface area (Å²) in [4.78, 5) is 13.0. The van der Waals surface area contributed by atoms with Crippen LogP contribution >= 0.6 is 11.8 Å². The van der Waals surface area contributed by atoms with Crippen LogP contribution in [0.3, 0.4) is 0 Å². The molecule has 0 unspecified atom stereocenters. The maximum atomic E-state index is 11.8. The third-order valence-electron chi connectivity index (χ3n) is 3.56. The Hall–Kier alpha value is -0.960. The van der Waals surface area contributed by atoms with E-state index in [9.17, 15) is 4.79 Å². The number of rotatable bonds is 11. The molecule has 0 aliphatic carbocycles. The van der Waals surface area contributed by atoms with Crippen LogP contribution in [0.1, 0.15) is 68.6 Å². The van der Waals surface area contributed by atoms with Gasteiger partial charge in [-0.3, -0.25) is 0 Å². The molecule has 3 heteroatoms. The molecule has 0 atom stereocenters. The molecule has 0 radical (unpaired) electrons. The molecule has 1 aromatic rings. The van der Waals surface area contributed by atoms with Gasteiger partial charge in [0.1, 0.15) is 0 Å². The molecule has 0 heterocycles. The van der Waals surface area contributed by atoms with Crippen molar-refractivity contribution in [2.75, 3.05) is 12.9 Å². The molecule has 118 valence electrons. The molecule has 0 saturated heterocycles. The van der Waals surface area contributed by atoms with Crippen molar-refractivity contribution in [3.05, 3.63) is 29.8 Å².